The first kappa shape index (κ1) is 14.7. The van der Waals surface area contributed by atoms with Crippen LogP contribution in [0.25, 0.3) is 0 Å². The van der Waals surface area contributed by atoms with Crippen molar-refractivity contribution in [2.75, 3.05) is 13.0 Å². The second-order valence-corrected chi connectivity index (χ2v) is 6.10. The SMILES string of the molecule is COc1cc(Br)ccc1C(=O)NC1(CCl)CCCC1. The number of methoxy groups -OCH3 is 1. The molecule has 0 aliphatic heterocycles. The van der Waals surface area contributed by atoms with Gasteiger partial charge in [0.2, 0.25) is 0 Å². The van der Waals surface area contributed by atoms with Gasteiger partial charge in [0.25, 0.3) is 5.91 Å². The minimum atomic E-state index is -0.253. The van der Waals surface area contributed by atoms with Gasteiger partial charge in [-0.25, -0.2) is 0 Å². The number of benzene rings is 1. The van der Waals surface area contributed by atoms with Crippen LogP contribution in [0, 0.1) is 0 Å². The highest BCUT2D eigenvalue weighted by molar-refractivity contribution is 9.10. The molecule has 1 saturated carbocycles. The van der Waals surface area contributed by atoms with Crippen molar-refractivity contribution in [1.82, 2.24) is 5.32 Å². The Balaban J connectivity index is 2.20. The van der Waals surface area contributed by atoms with Crippen molar-refractivity contribution < 1.29 is 9.53 Å². The number of rotatable bonds is 4. The minimum Gasteiger partial charge on any atom is -0.496 e. The zero-order valence-corrected chi connectivity index (χ0v) is 13.2. The fourth-order valence-electron chi connectivity index (χ4n) is 2.50. The number of nitrogens with one attached hydrogen (secondary N) is 1. The first-order valence-corrected chi connectivity index (χ1v) is 7.65. The van der Waals surface area contributed by atoms with Crippen LogP contribution in [0.15, 0.2) is 22.7 Å². The van der Waals surface area contributed by atoms with Crippen LogP contribution in [0.3, 0.4) is 0 Å². The second kappa shape index (κ2) is 6.14. The van der Waals surface area contributed by atoms with Gasteiger partial charge in [0.05, 0.1) is 18.2 Å². The van der Waals surface area contributed by atoms with E-state index in [1.54, 1.807) is 19.2 Å². The number of alkyl halides is 1. The first-order valence-electron chi connectivity index (χ1n) is 6.32. The molecule has 0 radical (unpaired) electrons. The molecule has 0 aromatic heterocycles. The number of carbonyl (C=O) groups excluding carboxylic acids is 1. The van der Waals surface area contributed by atoms with E-state index in [2.05, 4.69) is 21.2 Å². The summed E-state index contributed by atoms with van der Waals surface area (Å²) < 4.78 is 6.14. The number of carbonyl (C=O) groups is 1. The van der Waals surface area contributed by atoms with Gasteiger partial charge in [0.1, 0.15) is 5.75 Å². The van der Waals surface area contributed by atoms with E-state index in [0.717, 1.165) is 30.2 Å². The highest BCUT2D eigenvalue weighted by Crippen LogP contribution is 2.32. The Morgan fingerprint density at radius 1 is 1.47 bits per heavy atom. The number of halogens is 2. The van der Waals surface area contributed by atoms with E-state index in [4.69, 9.17) is 16.3 Å². The summed E-state index contributed by atoms with van der Waals surface area (Å²) in [6.45, 7) is 0. The maximum Gasteiger partial charge on any atom is 0.255 e. The average Bonchev–Trinajstić information content (AvgIpc) is 2.87. The van der Waals surface area contributed by atoms with Gasteiger partial charge in [-0.3, -0.25) is 4.79 Å². The molecule has 3 nitrogen and oxygen atoms in total. The third-order valence-electron chi connectivity index (χ3n) is 3.60. The maximum atomic E-state index is 12.4. The van der Waals surface area contributed by atoms with Crippen molar-refractivity contribution in [3.8, 4) is 5.75 Å². The van der Waals surface area contributed by atoms with Crippen molar-refractivity contribution in [3.63, 3.8) is 0 Å². The molecule has 104 valence electrons. The normalized spacial score (nSPS) is 17.2. The zero-order chi connectivity index (χ0) is 13.9. The number of amides is 1. The molecule has 0 unspecified atom stereocenters. The van der Waals surface area contributed by atoms with Crippen LogP contribution < -0.4 is 10.1 Å². The van der Waals surface area contributed by atoms with Crippen LogP contribution in [0.1, 0.15) is 36.0 Å². The summed E-state index contributed by atoms with van der Waals surface area (Å²) in [5, 5.41) is 3.09. The lowest BCUT2D eigenvalue weighted by Crippen LogP contribution is -2.47. The molecule has 2 rings (SSSR count). The molecule has 1 fully saturated rings. The van der Waals surface area contributed by atoms with Gasteiger partial charge < -0.3 is 10.1 Å². The highest BCUT2D eigenvalue weighted by atomic mass is 79.9. The molecule has 1 aliphatic rings. The number of hydrogen-bond donors (Lipinski definition) is 1. The molecule has 0 spiro atoms. The van der Waals surface area contributed by atoms with E-state index in [9.17, 15) is 4.79 Å². The van der Waals surface area contributed by atoms with Gasteiger partial charge in [-0.15, -0.1) is 11.6 Å². The van der Waals surface area contributed by atoms with Crippen LogP contribution in [-0.4, -0.2) is 24.4 Å². The Labute approximate surface area is 126 Å². The molecule has 1 N–H and O–H groups in total. The van der Waals surface area contributed by atoms with Gasteiger partial charge in [-0.2, -0.15) is 0 Å². The highest BCUT2D eigenvalue weighted by Gasteiger charge is 2.35. The lowest BCUT2D eigenvalue weighted by atomic mass is 9.99. The van der Waals surface area contributed by atoms with Crippen LogP contribution in [-0.2, 0) is 0 Å². The largest absolute Gasteiger partial charge is 0.496 e. The fraction of sp³-hybridized carbons (Fsp3) is 0.500. The summed E-state index contributed by atoms with van der Waals surface area (Å²) >= 11 is 9.41. The molecule has 1 aliphatic carbocycles. The fourth-order valence-corrected chi connectivity index (χ4v) is 3.18. The molecule has 19 heavy (non-hydrogen) atoms. The molecule has 0 heterocycles. The Hall–Kier alpha value is -0.740. The van der Waals surface area contributed by atoms with E-state index >= 15 is 0 Å². The Morgan fingerprint density at radius 2 is 2.16 bits per heavy atom. The lowest BCUT2D eigenvalue weighted by Gasteiger charge is -2.28. The minimum absolute atomic E-state index is 0.119. The van der Waals surface area contributed by atoms with Gasteiger partial charge in [-0.05, 0) is 31.0 Å². The Kier molecular flexibility index (Phi) is 4.74. The van der Waals surface area contributed by atoms with E-state index in [0.29, 0.717) is 17.2 Å². The van der Waals surface area contributed by atoms with E-state index < -0.39 is 0 Å². The van der Waals surface area contributed by atoms with Crippen molar-refractivity contribution in [2.24, 2.45) is 0 Å². The summed E-state index contributed by atoms with van der Waals surface area (Å²) in [6.07, 6.45) is 4.12. The number of hydrogen-bond acceptors (Lipinski definition) is 2. The van der Waals surface area contributed by atoms with Crippen LogP contribution in [0.2, 0.25) is 0 Å². The summed E-state index contributed by atoms with van der Waals surface area (Å²) in [5.41, 5.74) is 0.290. The van der Waals surface area contributed by atoms with E-state index in [-0.39, 0.29) is 11.4 Å². The van der Waals surface area contributed by atoms with Crippen LogP contribution in [0.4, 0.5) is 0 Å². The van der Waals surface area contributed by atoms with Gasteiger partial charge in [0.15, 0.2) is 0 Å². The summed E-state index contributed by atoms with van der Waals surface area (Å²) in [4.78, 5) is 12.4. The molecule has 1 aromatic carbocycles. The summed E-state index contributed by atoms with van der Waals surface area (Å²) in [7, 11) is 1.56. The van der Waals surface area contributed by atoms with Gasteiger partial charge >= 0.3 is 0 Å². The third kappa shape index (κ3) is 3.23. The van der Waals surface area contributed by atoms with E-state index in [1.165, 1.54) is 0 Å². The maximum absolute atomic E-state index is 12.4. The predicted molar refractivity (Wildman–Crippen MR) is 80.1 cm³/mol. The van der Waals surface area contributed by atoms with Crippen LogP contribution >= 0.6 is 27.5 Å². The molecule has 1 amide bonds. The predicted octanol–water partition coefficient (Wildman–Crippen LogP) is 3.74. The average molecular weight is 347 g/mol. The standard InChI is InChI=1S/C14H17BrClNO2/c1-19-12-8-10(15)4-5-11(12)13(18)17-14(9-16)6-2-3-7-14/h4-5,8H,2-3,6-7,9H2,1H3,(H,17,18). The third-order valence-corrected chi connectivity index (χ3v) is 4.61. The van der Waals surface area contributed by atoms with E-state index in [1.807, 2.05) is 6.07 Å². The molecule has 1 aromatic rings. The van der Waals surface area contributed by atoms with Crippen molar-refractivity contribution in [3.05, 3.63) is 28.2 Å². The topological polar surface area (TPSA) is 38.3 Å². The first-order chi connectivity index (χ1) is 9.10. The van der Waals surface area contributed by atoms with Crippen molar-refractivity contribution >= 4 is 33.4 Å². The smallest absolute Gasteiger partial charge is 0.255 e. The molecule has 0 bridgehead atoms. The van der Waals surface area contributed by atoms with Gasteiger partial charge in [0, 0.05) is 10.4 Å². The molecular formula is C14H17BrClNO2. The quantitative estimate of drug-likeness (QED) is 0.843. The van der Waals surface area contributed by atoms with Crippen LogP contribution in [0.5, 0.6) is 5.75 Å². The molecular weight excluding hydrogens is 330 g/mol. The van der Waals surface area contributed by atoms with Crippen molar-refractivity contribution in [1.29, 1.82) is 0 Å². The summed E-state index contributed by atoms with van der Waals surface area (Å²) in [6, 6.07) is 5.38. The monoisotopic (exact) mass is 345 g/mol. The molecule has 5 heteroatoms. The van der Waals surface area contributed by atoms with Crippen molar-refractivity contribution in [2.45, 2.75) is 31.2 Å². The second-order valence-electron chi connectivity index (χ2n) is 4.92. The van der Waals surface area contributed by atoms with Gasteiger partial charge in [-0.1, -0.05) is 28.8 Å². The Bertz CT molecular complexity index is 473. The Morgan fingerprint density at radius 3 is 2.74 bits per heavy atom. The summed E-state index contributed by atoms with van der Waals surface area (Å²) in [5.74, 6) is 0.902. The number of ether oxygens (including phenoxy) is 1. The molecule has 0 saturated heterocycles. The molecule has 0 atom stereocenters. The lowest BCUT2D eigenvalue weighted by molar-refractivity contribution is 0.0906. The zero-order valence-electron chi connectivity index (χ0n) is 10.8.